The van der Waals surface area contributed by atoms with E-state index in [9.17, 15) is 13.6 Å². The first kappa shape index (κ1) is 18.2. The number of ether oxygens (including phenoxy) is 3. The van der Waals surface area contributed by atoms with Gasteiger partial charge in [-0.1, -0.05) is 0 Å². The number of anilines is 1. The van der Waals surface area contributed by atoms with Crippen LogP contribution in [0.1, 0.15) is 12.5 Å². The summed E-state index contributed by atoms with van der Waals surface area (Å²) in [4.78, 5) is 11.2. The molecule has 0 aliphatic heterocycles. The molecule has 132 valence electrons. The number of esters is 1. The lowest BCUT2D eigenvalue weighted by molar-refractivity contribution is -0.132. The van der Waals surface area contributed by atoms with Crippen molar-refractivity contribution in [2.24, 2.45) is 5.10 Å². The normalized spacial score (nSPS) is 10.6. The van der Waals surface area contributed by atoms with Gasteiger partial charge in [-0.3, -0.25) is 10.2 Å². The van der Waals surface area contributed by atoms with Crippen molar-refractivity contribution in [3.8, 4) is 17.2 Å². The second kappa shape index (κ2) is 8.09. The van der Waals surface area contributed by atoms with Crippen molar-refractivity contribution in [2.45, 2.75) is 6.92 Å². The highest BCUT2D eigenvalue weighted by molar-refractivity contribution is 5.84. The topological polar surface area (TPSA) is 69.2 Å². The molecule has 1 N–H and O–H groups in total. The van der Waals surface area contributed by atoms with Gasteiger partial charge in [-0.2, -0.15) is 5.10 Å². The fourth-order valence-corrected chi connectivity index (χ4v) is 1.98. The van der Waals surface area contributed by atoms with Gasteiger partial charge in [0.15, 0.2) is 17.3 Å². The zero-order chi connectivity index (χ0) is 18.4. The zero-order valence-electron chi connectivity index (χ0n) is 13.8. The third-order valence-corrected chi connectivity index (χ3v) is 3.06. The van der Waals surface area contributed by atoms with E-state index in [0.29, 0.717) is 5.56 Å². The maximum atomic E-state index is 13.5. The van der Waals surface area contributed by atoms with Gasteiger partial charge in [0.25, 0.3) is 0 Å². The Balaban J connectivity index is 2.25. The summed E-state index contributed by atoms with van der Waals surface area (Å²) >= 11 is 0. The Morgan fingerprint density at radius 3 is 2.28 bits per heavy atom. The Labute approximate surface area is 143 Å². The average molecular weight is 350 g/mol. The Hall–Kier alpha value is -3.16. The van der Waals surface area contributed by atoms with E-state index in [4.69, 9.17) is 14.2 Å². The number of nitrogens with one attached hydrogen (secondary N) is 1. The number of carbonyl (C=O) groups is 1. The number of nitrogens with zero attached hydrogens (tertiary/aromatic N) is 1. The Bertz CT molecular complexity index is 784. The lowest BCUT2D eigenvalue weighted by Crippen LogP contribution is -2.05. The fraction of sp³-hybridized carbons (Fsp3) is 0.176. The van der Waals surface area contributed by atoms with E-state index in [0.717, 1.165) is 12.1 Å². The van der Waals surface area contributed by atoms with E-state index in [-0.39, 0.29) is 22.9 Å². The molecule has 0 bridgehead atoms. The minimum atomic E-state index is -0.766. The van der Waals surface area contributed by atoms with Gasteiger partial charge in [-0.15, -0.1) is 0 Å². The molecule has 2 aromatic rings. The number of hydrogen-bond acceptors (Lipinski definition) is 6. The molecule has 0 fully saturated rings. The molecule has 25 heavy (non-hydrogen) atoms. The summed E-state index contributed by atoms with van der Waals surface area (Å²) in [5.41, 5.74) is 3.03. The number of halogens is 2. The van der Waals surface area contributed by atoms with E-state index < -0.39 is 17.6 Å². The highest BCUT2D eigenvalue weighted by Crippen LogP contribution is 2.38. The monoisotopic (exact) mass is 350 g/mol. The van der Waals surface area contributed by atoms with Gasteiger partial charge >= 0.3 is 5.97 Å². The molecule has 6 nitrogen and oxygen atoms in total. The number of hydrogen-bond donors (Lipinski definition) is 1. The van der Waals surface area contributed by atoms with E-state index >= 15 is 0 Å². The summed E-state index contributed by atoms with van der Waals surface area (Å²) in [5.74, 6) is -1.29. The van der Waals surface area contributed by atoms with Gasteiger partial charge in [0.2, 0.25) is 5.75 Å². The summed E-state index contributed by atoms with van der Waals surface area (Å²) in [6.45, 7) is 1.26. The van der Waals surface area contributed by atoms with Crippen molar-refractivity contribution in [3.63, 3.8) is 0 Å². The number of carbonyl (C=O) groups excluding carboxylic acids is 1. The second-order valence-corrected chi connectivity index (χ2v) is 4.84. The maximum Gasteiger partial charge on any atom is 0.308 e. The molecular weight excluding hydrogens is 334 g/mol. The lowest BCUT2D eigenvalue weighted by Gasteiger charge is -2.13. The molecule has 0 radical (unpaired) electrons. The molecule has 8 heteroatoms. The van der Waals surface area contributed by atoms with Gasteiger partial charge in [0.1, 0.15) is 5.82 Å². The van der Waals surface area contributed by atoms with Gasteiger partial charge in [0.05, 0.1) is 26.1 Å². The van der Waals surface area contributed by atoms with Crippen LogP contribution in [0.2, 0.25) is 0 Å². The van der Waals surface area contributed by atoms with Crippen molar-refractivity contribution >= 4 is 17.9 Å². The first-order chi connectivity index (χ1) is 11.9. The molecule has 2 rings (SSSR count). The fourth-order valence-electron chi connectivity index (χ4n) is 1.98. The largest absolute Gasteiger partial charge is 0.493 e. The summed E-state index contributed by atoms with van der Waals surface area (Å²) in [6.07, 6.45) is 1.38. The minimum Gasteiger partial charge on any atom is -0.493 e. The molecule has 0 saturated heterocycles. The first-order valence-corrected chi connectivity index (χ1v) is 7.13. The molecule has 0 atom stereocenters. The van der Waals surface area contributed by atoms with E-state index in [1.165, 1.54) is 33.4 Å². The summed E-state index contributed by atoms with van der Waals surface area (Å²) in [6, 6.07) is 6.21. The first-order valence-electron chi connectivity index (χ1n) is 7.13. The van der Waals surface area contributed by atoms with Crippen LogP contribution in [0.15, 0.2) is 35.4 Å². The number of methoxy groups -OCH3 is 2. The second-order valence-electron chi connectivity index (χ2n) is 4.84. The van der Waals surface area contributed by atoms with Crippen LogP contribution in [0.3, 0.4) is 0 Å². The molecule has 2 aromatic carbocycles. The van der Waals surface area contributed by atoms with E-state index in [1.54, 1.807) is 12.1 Å². The SMILES string of the molecule is COc1cc(/C=N\Nc2ccc(F)cc2F)cc(OC)c1OC(C)=O. The molecular formula is C17H16F2N2O4. The summed E-state index contributed by atoms with van der Waals surface area (Å²) in [7, 11) is 2.82. The zero-order valence-corrected chi connectivity index (χ0v) is 13.8. The van der Waals surface area contributed by atoms with Gasteiger partial charge in [0, 0.05) is 18.6 Å². The van der Waals surface area contributed by atoms with Crippen molar-refractivity contribution in [1.29, 1.82) is 0 Å². The van der Waals surface area contributed by atoms with Crippen LogP contribution in [-0.2, 0) is 4.79 Å². The van der Waals surface area contributed by atoms with Crippen LogP contribution in [0.4, 0.5) is 14.5 Å². The summed E-state index contributed by atoms with van der Waals surface area (Å²) < 4.78 is 41.8. The van der Waals surface area contributed by atoms with Crippen LogP contribution >= 0.6 is 0 Å². The van der Waals surface area contributed by atoms with Crippen LogP contribution in [0.25, 0.3) is 0 Å². The lowest BCUT2D eigenvalue weighted by atomic mass is 10.2. The van der Waals surface area contributed by atoms with Crippen LogP contribution in [0, 0.1) is 11.6 Å². The van der Waals surface area contributed by atoms with Crippen molar-refractivity contribution in [3.05, 3.63) is 47.5 Å². The summed E-state index contributed by atoms with van der Waals surface area (Å²) in [5, 5.41) is 3.89. The molecule has 0 spiro atoms. The number of benzene rings is 2. The predicted molar refractivity (Wildman–Crippen MR) is 88.4 cm³/mol. The molecule has 0 amide bonds. The molecule has 0 aliphatic carbocycles. The highest BCUT2D eigenvalue weighted by Gasteiger charge is 2.15. The van der Waals surface area contributed by atoms with Crippen LogP contribution < -0.4 is 19.6 Å². The molecule has 0 unspecified atom stereocenters. The molecule has 0 saturated carbocycles. The Kier molecular flexibility index (Phi) is 5.89. The Morgan fingerprint density at radius 2 is 1.76 bits per heavy atom. The standard InChI is InChI=1S/C17H16F2N2O4/c1-10(22)25-17-15(23-2)6-11(7-16(17)24-3)9-20-21-14-5-4-12(18)8-13(14)19/h4-9,21H,1-3H3/b20-9-. The minimum absolute atomic E-state index is 0.0214. The highest BCUT2D eigenvalue weighted by atomic mass is 19.1. The molecule has 0 heterocycles. The van der Waals surface area contributed by atoms with Crippen molar-refractivity contribution in [1.82, 2.24) is 0 Å². The van der Waals surface area contributed by atoms with Crippen LogP contribution in [0.5, 0.6) is 17.2 Å². The van der Waals surface area contributed by atoms with E-state index in [2.05, 4.69) is 10.5 Å². The maximum absolute atomic E-state index is 13.5. The van der Waals surface area contributed by atoms with Gasteiger partial charge < -0.3 is 14.2 Å². The third-order valence-electron chi connectivity index (χ3n) is 3.06. The number of rotatable bonds is 6. The quantitative estimate of drug-likeness (QED) is 0.374. The van der Waals surface area contributed by atoms with Gasteiger partial charge in [-0.25, -0.2) is 8.78 Å². The number of hydrazone groups is 1. The van der Waals surface area contributed by atoms with Gasteiger partial charge in [-0.05, 0) is 24.3 Å². The van der Waals surface area contributed by atoms with Crippen LogP contribution in [-0.4, -0.2) is 26.4 Å². The molecule has 0 aliphatic rings. The van der Waals surface area contributed by atoms with E-state index in [1.807, 2.05) is 0 Å². The predicted octanol–water partition coefficient (Wildman–Crippen LogP) is 3.35. The van der Waals surface area contributed by atoms with Crippen molar-refractivity contribution in [2.75, 3.05) is 19.6 Å². The average Bonchev–Trinajstić information content (AvgIpc) is 2.57. The Morgan fingerprint density at radius 1 is 1.12 bits per heavy atom. The molecule has 0 aromatic heterocycles. The van der Waals surface area contributed by atoms with Crippen molar-refractivity contribution < 1.29 is 27.8 Å². The smallest absolute Gasteiger partial charge is 0.308 e. The third kappa shape index (κ3) is 4.66.